The second kappa shape index (κ2) is 5.48. The molecule has 2 heterocycles. The lowest BCUT2D eigenvalue weighted by atomic mass is 10.2. The smallest absolute Gasteiger partial charge is 0.264 e. The van der Waals surface area contributed by atoms with E-state index in [1.807, 2.05) is 11.8 Å². The van der Waals surface area contributed by atoms with E-state index in [2.05, 4.69) is 10.3 Å². The Balaban J connectivity index is 1.81. The van der Waals surface area contributed by atoms with Crippen LogP contribution in [0.4, 0.5) is 14.5 Å². The van der Waals surface area contributed by atoms with Gasteiger partial charge >= 0.3 is 0 Å². The van der Waals surface area contributed by atoms with Gasteiger partial charge in [0.2, 0.25) is 0 Å². The molecule has 0 saturated heterocycles. The molecule has 0 atom stereocenters. The number of allylic oxidation sites excluding steroid dienone is 1. The highest BCUT2D eigenvalue weighted by molar-refractivity contribution is 8.18. The normalized spacial score (nSPS) is 17.7. The Labute approximate surface area is 124 Å². The van der Waals surface area contributed by atoms with Crippen molar-refractivity contribution in [3.63, 3.8) is 0 Å². The number of fused-ring (bicyclic) bond motifs is 1. The minimum Gasteiger partial charge on any atom is -0.324 e. The molecule has 1 aromatic carbocycles. The van der Waals surface area contributed by atoms with Crippen LogP contribution in [-0.4, -0.2) is 29.1 Å². The number of hydrogen-bond donors (Lipinski definition) is 1. The molecule has 110 valence electrons. The van der Waals surface area contributed by atoms with Crippen LogP contribution in [0.1, 0.15) is 13.3 Å². The Hall–Kier alpha value is -1.89. The molecular formula is C14H13F2N3OS. The largest absolute Gasteiger partial charge is 0.324 e. The van der Waals surface area contributed by atoms with Gasteiger partial charge in [-0.2, -0.15) is 0 Å². The molecule has 1 aromatic rings. The van der Waals surface area contributed by atoms with Crippen LogP contribution in [0.25, 0.3) is 0 Å². The molecule has 3 rings (SSSR count). The van der Waals surface area contributed by atoms with Crippen molar-refractivity contribution in [1.82, 2.24) is 4.90 Å². The van der Waals surface area contributed by atoms with Crippen LogP contribution < -0.4 is 5.32 Å². The highest BCUT2D eigenvalue weighted by Gasteiger charge is 2.31. The van der Waals surface area contributed by atoms with Gasteiger partial charge in [-0.1, -0.05) is 0 Å². The summed E-state index contributed by atoms with van der Waals surface area (Å²) < 4.78 is 26.3. The summed E-state index contributed by atoms with van der Waals surface area (Å²) in [7, 11) is 0. The molecule has 7 heteroatoms. The molecular weight excluding hydrogens is 296 g/mol. The highest BCUT2D eigenvalue weighted by atomic mass is 32.2. The lowest BCUT2D eigenvalue weighted by Gasteiger charge is -2.23. The fourth-order valence-corrected chi connectivity index (χ4v) is 3.37. The van der Waals surface area contributed by atoms with E-state index in [0.29, 0.717) is 4.91 Å². The molecule has 0 spiro atoms. The number of halogens is 2. The summed E-state index contributed by atoms with van der Waals surface area (Å²) in [5.41, 5.74) is 0.929. The minimum atomic E-state index is -0.725. The number of thioether (sulfide) groups is 1. The fraction of sp³-hybridized carbons (Fsp3) is 0.286. The first-order valence-corrected chi connectivity index (χ1v) is 7.34. The number of aliphatic imine (C=N–C) groups is 1. The zero-order valence-electron chi connectivity index (χ0n) is 11.3. The van der Waals surface area contributed by atoms with E-state index in [1.165, 1.54) is 11.8 Å². The van der Waals surface area contributed by atoms with Gasteiger partial charge in [-0.15, -0.1) is 0 Å². The average Bonchev–Trinajstić information content (AvgIpc) is 2.76. The zero-order valence-corrected chi connectivity index (χ0v) is 12.1. The van der Waals surface area contributed by atoms with Gasteiger partial charge in [0.1, 0.15) is 11.6 Å². The number of nitrogens with one attached hydrogen (secondary N) is 1. The van der Waals surface area contributed by atoms with Crippen molar-refractivity contribution < 1.29 is 13.6 Å². The molecule has 0 fully saturated rings. The maximum absolute atomic E-state index is 13.1. The first-order chi connectivity index (χ1) is 10.0. The SMILES string of the molecule is CC1=C(C(=O)Nc2cc(F)cc(F)c2)SC2=NCCCN21. The van der Waals surface area contributed by atoms with Crippen molar-refractivity contribution in [3.8, 4) is 0 Å². The number of benzene rings is 1. The average molecular weight is 309 g/mol. The van der Waals surface area contributed by atoms with Gasteiger partial charge in [0.25, 0.3) is 5.91 Å². The van der Waals surface area contributed by atoms with Crippen LogP contribution in [0.3, 0.4) is 0 Å². The molecule has 0 bridgehead atoms. The molecule has 0 aliphatic carbocycles. The topological polar surface area (TPSA) is 44.7 Å². The molecule has 2 aliphatic heterocycles. The third kappa shape index (κ3) is 2.78. The molecule has 0 unspecified atom stereocenters. The van der Waals surface area contributed by atoms with E-state index >= 15 is 0 Å². The van der Waals surface area contributed by atoms with Gasteiger partial charge in [-0.3, -0.25) is 9.79 Å². The van der Waals surface area contributed by atoms with Crippen molar-refractivity contribution in [2.24, 2.45) is 4.99 Å². The fourth-order valence-electron chi connectivity index (χ4n) is 2.30. The second-order valence-electron chi connectivity index (χ2n) is 4.80. The van der Waals surface area contributed by atoms with Crippen molar-refractivity contribution in [2.45, 2.75) is 13.3 Å². The summed E-state index contributed by atoms with van der Waals surface area (Å²) >= 11 is 1.29. The third-order valence-corrected chi connectivity index (χ3v) is 4.49. The van der Waals surface area contributed by atoms with Gasteiger partial charge in [0, 0.05) is 30.5 Å². The molecule has 1 amide bonds. The molecule has 2 aliphatic rings. The minimum absolute atomic E-state index is 0.102. The monoisotopic (exact) mass is 309 g/mol. The van der Waals surface area contributed by atoms with Crippen LogP contribution in [0.15, 0.2) is 33.8 Å². The number of hydrogen-bond acceptors (Lipinski definition) is 4. The molecule has 0 saturated carbocycles. The van der Waals surface area contributed by atoms with Gasteiger partial charge < -0.3 is 10.2 Å². The Morgan fingerprint density at radius 1 is 1.33 bits per heavy atom. The van der Waals surface area contributed by atoms with Crippen molar-refractivity contribution in [1.29, 1.82) is 0 Å². The summed E-state index contributed by atoms with van der Waals surface area (Å²) in [4.78, 5) is 19.2. The number of amidine groups is 1. The Morgan fingerprint density at radius 2 is 2.05 bits per heavy atom. The molecule has 1 N–H and O–H groups in total. The zero-order chi connectivity index (χ0) is 15.0. The van der Waals surface area contributed by atoms with Gasteiger partial charge in [-0.25, -0.2) is 8.78 Å². The quantitative estimate of drug-likeness (QED) is 0.913. The first kappa shape index (κ1) is 14.1. The van der Waals surface area contributed by atoms with E-state index in [1.54, 1.807) is 0 Å². The summed E-state index contributed by atoms with van der Waals surface area (Å²) in [5, 5.41) is 3.34. The van der Waals surface area contributed by atoms with E-state index in [9.17, 15) is 13.6 Å². The third-order valence-electron chi connectivity index (χ3n) is 3.27. The van der Waals surface area contributed by atoms with Crippen LogP contribution in [0.2, 0.25) is 0 Å². The Bertz CT molecular complexity index is 652. The standard InChI is InChI=1S/C14H13F2N3OS/c1-8-12(21-14-17-3-2-4-19(8)14)13(20)18-11-6-9(15)5-10(16)7-11/h5-7H,2-4H2,1H3,(H,18,20). The van der Waals surface area contributed by atoms with Crippen molar-refractivity contribution >= 4 is 28.5 Å². The summed E-state index contributed by atoms with van der Waals surface area (Å²) in [5.74, 6) is -1.83. The first-order valence-electron chi connectivity index (χ1n) is 6.53. The lowest BCUT2D eigenvalue weighted by Crippen LogP contribution is -2.28. The maximum atomic E-state index is 13.1. The van der Waals surface area contributed by atoms with Crippen LogP contribution in [-0.2, 0) is 4.79 Å². The van der Waals surface area contributed by atoms with Gasteiger partial charge in [0.15, 0.2) is 5.17 Å². The number of carbonyl (C=O) groups excluding carboxylic acids is 1. The Kier molecular flexibility index (Phi) is 3.67. The van der Waals surface area contributed by atoms with Crippen LogP contribution in [0.5, 0.6) is 0 Å². The lowest BCUT2D eigenvalue weighted by molar-refractivity contribution is -0.112. The number of anilines is 1. The van der Waals surface area contributed by atoms with E-state index in [0.717, 1.165) is 48.6 Å². The predicted molar refractivity (Wildman–Crippen MR) is 78.9 cm³/mol. The number of nitrogens with zero attached hydrogens (tertiary/aromatic N) is 2. The number of rotatable bonds is 2. The molecule has 0 radical (unpaired) electrons. The van der Waals surface area contributed by atoms with E-state index < -0.39 is 11.6 Å². The van der Waals surface area contributed by atoms with Crippen molar-refractivity contribution in [3.05, 3.63) is 40.4 Å². The molecule has 0 aromatic heterocycles. The Morgan fingerprint density at radius 3 is 2.71 bits per heavy atom. The molecule has 21 heavy (non-hydrogen) atoms. The van der Waals surface area contributed by atoms with Gasteiger partial charge in [0.05, 0.1) is 4.91 Å². The number of amides is 1. The second-order valence-corrected chi connectivity index (χ2v) is 5.78. The van der Waals surface area contributed by atoms with E-state index in [4.69, 9.17) is 0 Å². The summed E-state index contributed by atoms with van der Waals surface area (Å²) in [6.45, 7) is 3.45. The summed E-state index contributed by atoms with van der Waals surface area (Å²) in [6.07, 6.45) is 0.950. The highest BCUT2D eigenvalue weighted by Crippen LogP contribution is 2.36. The van der Waals surface area contributed by atoms with E-state index in [-0.39, 0.29) is 11.6 Å². The van der Waals surface area contributed by atoms with Crippen LogP contribution in [0, 0.1) is 11.6 Å². The van der Waals surface area contributed by atoms with Crippen LogP contribution >= 0.6 is 11.8 Å². The van der Waals surface area contributed by atoms with Gasteiger partial charge in [-0.05, 0) is 37.2 Å². The molecule has 4 nitrogen and oxygen atoms in total. The van der Waals surface area contributed by atoms with Crippen molar-refractivity contribution in [2.75, 3.05) is 18.4 Å². The maximum Gasteiger partial charge on any atom is 0.264 e. The number of carbonyl (C=O) groups is 1. The summed E-state index contributed by atoms with van der Waals surface area (Å²) in [6, 6.07) is 2.93. The predicted octanol–water partition coefficient (Wildman–Crippen LogP) is 2.94.